The van der Waals surface area contributed by atoms with E-state index in [1.807, 2.05) is 12.1 Å². The lowest BCUT2D eigenvalue weighted by Crippen LogP contribution is -2.11. The van der Waals surface area contributed by atoms with Gasteiger partial charge in [0.2, 0.25) is 0 Å². The van der Waals surface area contributed by atoms with Gasteiger partial charge in [0.1, 0.15) is 10.8 Å². The van der Waals surface area contributed by atoms with Crippen LogP contribution < -0.4 is 11.1 Å². The van der Waals surface area contributed by atoms with E-state index in [0.717, 1.165) is 0 Å². The fraction of sp³-hybridized carbons (Fsp3) is 0. The van der Waals surface area contributed by atoms with Crippen molar-refractivity contribution in [1.29, 1.82) is 0 Å². The van der Waals surface area contributed by atoms with Gasteiger partial charge >= 0.3 is 0 Å². The van der Waals surface area contributed by atoms with Crippen molar-refractivity contribution >= 4 is 28.6 Å². The Hall–Kier alpha value is -1.94. The highest BCUT2D eigenvalue weighted by Crippen LogP contribution is 2.22. The molecule has 17 heavy (non-hydrogen) atoms. The minimum absolute atomic E-state index is 0.282. The monoisotopic (exact) mass is 246 g/mol. The van der Waals surface area contributed by atoms with Gasteiger partial charge in [0.05, 0.1) is 5.69 Å². The van der Waals surface area contributed by atoms with Gasteiger partial charge in [-0.05, 0) is 24.3 Å². The number of rotatable bonds is 3. The smallest absolute Gasteiger partial charge is 0.146 e. The topological polar surface area (TPSA) is 38.0 Å². The van der Waals surface area contributed by atoms with Crippen molar-refractivity contribution in [3.63, 3.8) is 0 Å². The first-order valence-corrected chi connectivity index (χ1v) is 5.49. The van der Waals surface area contributed by atoms with Gasteiger partial charge in [-0.15, -0.1) is 0 Å². The van der Waals surface area contributed by atoms with Gasteiger partial charge in [0, 0.05) is 11.3 Å². The zero-order valence-corrected chi connectivity index (χ0v) is 9.80. The van der Waals surface area contributed by atoms with E-state index in [2.05, 4.69) is 5.32 Å². The van der Waals surface area contributed by atoms with Crippen molar-refractivity contribution in [1.82, 2.24) is 0 Å². The fourth-order valence-electron chi connectivity index (χ4n) is 1.51. The zero-order valence-electron chi connectivity index (χ0n) is 8.98. The van der Waals surface area contributed by atoms with E-state index in [4.69, 9.17) is 18.0 Å². The van der Waals surface area contributed by atoms with Gasteiger partial charge in [-0.1, -0.05) is 36.5 Å². The summed E-state index contributed by atoms with van der Waals surface area (Å²) in [5.41, 5.74) is 7.40. The van der Waals surface area contributed by atoms with E-state index in [9.17, 15) is 4.39 Å². The maximum atomic E-state index is 13.5. The predicted molar refractivity (Wildman–Crippen MR) is 72.0 cm³/mol. The van der Waals surface area contributed by atoms with Crippen molar-refractivity contribution in [3.05, 3.63) is 59.9 Å². The van der Waals surface area contributed by atoms with E-state index in [1.54, 1.807) is 30.3 Å². The molecule has 0 unspecified atom stereocenters. The Kier molecular flexibility index (Phi) is 3.35. The second-order valence-corrected chi connectivity index (χ2v) is 3.95. The first-order chi connectivity index (χ1) is 8.18. The highest BCUT2D eigenvalue weighted by Gasteiger charge is 2.06. The summed E-state index contributed by atoms with van der Waals surface area (Å²) in [5, 5.41) is 2.98. The number of hydrogen-bond acceptors (Lipinski definition) is 2. The first-order valence-electron chi connectivity index (χ1n) is 5.09. The van der Waals surface area contributed by atoms with Gasteiger partial charge < -0.3 is 11.1 Å². The quantitative estimate of drug-likeness (QED) is 0.817. The van der Waals surface area contributed by atoms with E-state index in [-0.39, 0.29) is 10.8 Å². The van der Waals surface area contributed by atoms with Crippen LogP contribution in [0, 0.1) is 5.82 Å². The molecule has 0 bridgehead atoms. The molecule has 0 saturated heterocycles. The van der Waals surface area contributed by atoms with E-state index in [0.29, 0.717) is 16.9 Å². The van der Waals surface area contributed by atoms with Crippen LogP contribution in [0.2, 0.25) is 0 Å². The van der Waals surface area contributed by atoms with Gasteiger partial charge in [-0.2, -0.15) is 0 Å². The lowest BCUT2D eigenvalue weighted by Gasteiger charge is -2.11. The first kappa shape index (κ1) is 11.5. The molecule has 3 N–H and O–H groups in total. The molecule has 0 aliphatic carbocycles. The Morgan fingerprint density at radius 3 is 2.24 bits per heavy atom. The maximum Gasteiger partial charge on any atom is 0.146 e. The second kappa shape index (κ2) is 4.93. The van der Waals surface area contributed by atoms with Gasteiger partial charge in [0.25, 0.3) is 0 Å². The number of hydrogen-bond donors (Lipinski definition) is 2. The average molecular weight is 246 g/mol. The number of nitrogens with one attached hydrogen (secondary N) is 1. The van der Waals surface area contributed by atoms with Gasteiger partial charge in [-0.25, -0.2) is 4.39 Å². The highest BCUT2D eigenvalue weighted by molar-refractivity contribution is 7.80. The maximum absolute atomic E-state index is 13.5. The van der Waals surface area contributed by atoms with Crippen LogP contribution in [0.1, 0.15) is 5.56 Å². The minimum atomic E-state index is -0.315. The van der Waals surface area contributed by atoms with Crippen molar-refractivity contribution < 1.29 is 4.39 Å². The molecule has 0 aliphatic heterocycles. The van der Waals surface area contributed by atoms with Crippen LogP contribution in [-0.2, 0) is 0 Å². The molecular weight excluding hydrogens is 235 g/mol. The third-order valence-electron chi connectivity index (χ3n) is 2.34. The van der Waals surface area contributed by atoms with Crippen LogP contribution in [0.25, 0.3) is 0 Å². The summed E-state index contributed by atoms with van der Waals surface area (Å²) < 4.78 is 13.5. The second-order valence-electron chi connectivity index (χ2n) is 3.51. The van der Waals surface area contributed by atoms with E-state index < -0.39 is 0 Å². The largest absolute Gasteiger partial charge is 0.389 e. The van der Waals surface area contributed by atoms with E-state index >= 15 is 0 Å². The Morgan fingerprint density at radius 2 is 1.59 bits per heavy atom. The standard InChI is InChI=1S/C13H11FN2S/c14-10-6-2-4-8-12(10)16-11-7-3-1-5-9(11)13(15)17/h1-8,16H,(H2,15,17). The predicted octanol–water partition coefficient (Wildman–Crippen LogP) is 3.20. The molecule has 2 aromatic rings. The molecule has 0 radical (unpaired) electrons. The molecule has 86 valence electrons. The Morgan fingerprint density at radius 1 is 1.00 bits per heavy atom. The van der Waals surface area contributed by atoms with Crippen LogP contribution >= 0.6 is 12.2 Å². The summed E-state index contributed by atoms with van der Waals surface area (Å²) in [6.07, 6.45) is 0. The number of halogens is 1. The van der Waals surface area contributed by atoms with Gasteiger partial charge in [0.15, 0.2) is 0 Å². The van der Waals surface area contributed by atoms with E-state index in [1.165, 1.54) is 6.07 Å². The van der Waals surface area contributed by atoms with Gasteiger partial charge in [-0.3, -0.25) is 0 Å². The molecule has 2 rings (SSSR count). The number of thiocarbonyl (C=S) groups is 1. The molecule has 0 heterocycles. The molecule has 2 aromatic carbocycles. The lowest BCUT2D eigenvalue weighted by molar-refractivity contribution is 0.632. The summed E-state index contributed by atoms with van der Waals surface area (Å²) in [7, 11) is 0. The van der Waals surface area contributed by atoms with Crippen molar-refractivity contribution in [3.8, 4) is 0 Å². The Bertz CT molecular complexity index is 555. The summed E-state index contributed by atoms with van der Waals surface area (Å²) in [4.78, 5) is 0.282. The molecule has 0 saturated carbocycles. The molecule has 0 amide bonds. The Labute approximate surface area is 104 Å². The highest BCUT2D eigenvalue weighted by atomic mass is 32.1. The van der Waals surface area contributed by atoms with Crippen LogP contribution in [0.15, 0.2) is 48.5 Å². The molecule has 0 aromatic heterocycles. The molecule has 4 heteroatoms. The van der Waals surface area contributed by atoms with Crippen LogP contribution in [0.4, 0.5) is 15.8 Å². The molecule has 2 nitrogen and oxygen atoms in total. The number of nitrogens with two attached hydrogens (primary N) is 1. The molecule has 0 aliphatic rings. The molecule has 0 atom stereocenters. The van der Waals surface area contributed by atoms with Crippen molar-refractivity contribution in [2.24, 2.45) is 5.73 Å². The lowest BCUT2D eigenvalue weighted by atomic mass is 10.1. The fourth-order valence-corrected chi connectivity index (χ4v) is 1.69. The SMILES string of the molecule is NC(=S)c1ccccc1Nc1ccccc1F. The van der Waals surface area contributed by atoms with Crippen LogP contribution in [0.3, 0.4) is 0 Å². The third kappa shape index (κ3) is 2.60. The summed E-state index contributed by atoms with van der Waals surface area (Å²) >= 11 is 4.94. The summed E-state index contributed by atoms with van der Waals surface area (Å²) in [5.74, 6) is -0.315. The zero-order chi connectivity index (χ0) is 12.3. The normalized spacial score (nSPS) is 9.94. The average Bonchev–Trinajstić information content (AvgIpc) is 2.32. The van der Waals surface area contributed by atoms with Crippen LogP contribution in [-0.4, -0.2) is 4.99 Å². The van der Waals surface area contributed by atoms with Crippen molar-refractivity contribution in [2.75, 3.05) is 5.32 Å². The minimum Gasteiger partial charge on any atom is -0.389 e. The summed E-state index contributed by atoms with van der Waals surface area (Å²) in [6, 6.07) is 13.7. The van der Waals surface area contributed by atoms with Crippen molar-refractivity contribution in [2.45, 2.75) is 0 Å². The summed E-state index contributed by atoms with van der Waals surface area (Å²) in [6.45, 7) is 0. The molecule has 0 spiro atoms. The molecule has 0 fully saturated rings. The third-order valence-corrected chi connectivity index (χ3v) is 2.56. The molecular formula is C13H11FN2S. The number of benzene rings is 2. The number of para-hydroxylation sites is 2. The number of anilines is 2. The van der Waals surface area contributed by atoms with Crippen LogP contribution in [0.5, 0.6) is 0 Å². The Balaban J connectivity index is 2.37.